The van der Waals surface area contributed by atoms with Gasteiger partial charge in [-0.2, -0.15) is 0 Å². The fourth-order valence-electron chi connectivity index (χ4n) is 3.04. The number of thiophene rings is 1. The zero-order chi connectivity index (χ0) is 15.2. The minimum Gasteiger partial charge on any atom is -0.353 e. The monoisotopic (exact) mass is 324 g/mol. The van der Waals surface area contributed by atoms with E-state index in [9.17, 15) is 4.79 Å². The zero-order valence-electron chi connectivity index (χ0n) is 12.8. The molecule has 2 atom stereocenters. The fourth-order valence-corrected chi connectivity index (χ4v) is 3.89. The molecular weight excluding hydrogens is 300 g/mol. The highest BCUT2D eigenvalue weighted by atomic mass is 32.1. The van der Waals surface area contributed by atoms with Gasteiger partial charge in [0.15, 0.2) is 6.29 Å². The maximum Gasteiger partial charge on any atom is 0.242 e. The third kappa shape index (κ3) is 4.07. The molecule has 0 radical (unpaired) electrons. The van der Waals surface area contributed by atoms with Gasteiger partial charge in [0.05, 0.1) is 6.61 Å². The number of hydrogen-bond acceptors (Lipinski definition) is 5. The van der Waals surface area contributed by atoms with Crippen molar-refractivity contribution in [3.05, 3.63) is 22.4 Å². The highest BCUT2D eigenvalue weighted by Crippen LogP contribution is 2.27. The van der Waals surface area contributed by atoms with Crippen molar-refractivity contribution in [1.82, 2.24) is 10.2 Å². The van der Waals surface area contributed by atoms with Gasteiger partial charge in [-0.25, -0.2) is 0 Å². The molecule has 0 aromatic carbocycles. The highest BCUT2D eigenvalue weighted by Gasteiger charge is 2.31. The Morgan fingerprint density at radius 3 is 3.18 bits per heavy atom. The maximum atomic E-state index is 12.2. The summed E-state index contributed by atoms with van der Waals surface area (Å²) in [6.07, 6.45) is 4.24. The number of carbonyl (C=O) groups excluding carboxylic acids is 1. The largest absolute Gasteiger partial charge is 0.353 e. The van der Waals surface area contributed by atoms with E-state index in [1.165, 1.54) is 6.42 Å². The van der Waals surface area contributed by atoms with Crippen molar-refractivity contribution in [2.45, 2.75) is 38.0 Å². The highest BCUT2D eigenvalue weighted by molar-refractivity contribution is 7.10. The molecule has 0 bridgehead atoms. The first kappa shape index (κ1) is 15.9. The van der Waals surface area contributed by atoms with E-state index >= 15 is 0 Å². The molecule has 0 spiro atoms. The van der Waals surface area contributed by atoms with Crippen LogP contribution in [-0.4, -0.2) is 49.9 Å². The minimum atomic E-state index is -0.139. The third-order valence-electron chi connectivity index (χ3n) is 4.16. The second kappa shape index (κ2) is 8.06. The van der Waals surface area contributed by atoms with Crippen molar-refractivity contribution in [2.75, 3.05) is 32.8 Å². The molecule has 1 amide bonds. The summed E-state index contributed by atoms with van der Waals surface area (Å²) >= 11 is 1.65. The predicted octanol–water partition coefficient (Wildman–Crippen LogP) is 2.15. The lowest BCUT2D eigenvalue weighted by molar-refractivity contribution is -0.163. The van der Waals surface area contributed by atoms with Crippen molar-refractivity contribution in [1.29, 1.82) is 0 Å². The number of ether oxygens (including phenoxy) is 2. The number of carbonyl (C=O) groups is 1. The molecule has 22 heavy (non-hydrogen) atoms. The quantitative estimate of drug-likeness (QED) is 0.815. The predicted molar refractivity (Wildman–Crippen MR) is 85.8 cm³/mol. The van der Waals surface area contributed by atoms with Crippen molar-refractivity contribution >= 4 is 17.2 Å². The summed E-state index contributed by atoms with van der Waals surface area (Å²) in [4.78, 5) is 15.6. The second-order valence-corrected chi connectivity index (χ2v) is 6.74. The smallest absolute Gasteiger partial charge is 0.242 e. The Morgan fingerprint density at radius 2 is 2.41 bits per heavy atom. The molecule has 2 aliphatic heterocycles. The summed E-state index contributed by atoms with van der Waals surface area (Å²) in [5, 5.41) is 4.99. The Bertz CT molecular complexity index is 460. The summed E-state index contributed by atoms with van der Waals surface area (Å²) in [7, 11) is 0. The first-order valence-electron chi connectivity index (χ1n) is 8.13. The van der Waals surface area contributed by atoms with Crippen molar-refractivity contribution < 1.29 is 14.3 Å². The van der Waals surface area contributed by atoms with E-state index in [-0.39, 0.29) is 18.2 Å². The van der Waals surface area contributed by atoms with Crippen LogP contribution in [-0.2, 0) is 14.3 Å². The molecule has 0 aliphatic carbocycles. The van der Waals surface area contributed by atoms with Gasteiger partial charge in [-0.3, -0.25) is 9.69 Å². The Morgan fingerprint density at radius 1 is 1.45 bits per heavy atom. The number of amides is 1. The minimum absolute atomic E-state index is 0.0218. The molecule has 2 aliphatic rings. The van der Waals surface area contributed by atoms with E-state index in [0.717, 1.165) is 50.4 Å². The van der Waals surface area contributed by atoms with Gasteiger partial charge in [0.1, 0.15) is 6.04 Å². The van der Waals surface area contributed by atoms with E-state index in [2.05, 4.69) is 10.2 Å². The average Bonchev–Trinajstić information content (AvgIpc) is 3.06. The summed E-state index contributed by atoms with van der Waals surface area (Å²) in [5.41, 5.74) is 0. The van der Waals surface area contributed by atoms with Crippen LogP contribution in [0, 0.1) is 0 Å². The Hall–Kier alpha value is -0.950. The van der Waals surface area contributed by atoms with Crippen molar-refractivity contribution in [3.63, 3.8) is 0 Å². The van der Waals surface area contributed by atoms with Crippen LogP contribution in [0.1, 0.15) is 36.6 Å². The number of nitrogens with zero attached hydrogens (tertiary/aromatic N) is 1. The fraction of sp³-hybridized carbons (Fsp3) is 0.688. The van der Waals surface area contributed by atoms with E-state index < -0.39 is 0 Å². The van der Waals surface area contributed by atoms with E-state index in [1.54, 1.807) is 11.3 Å². The first-order valence-corrected chi connectivity index (χ1v) is 9.01. The Kier molecular flexibility index (Phi) is 5.83. The lowest BCUT2D eigenvalue weighted by Gasteiger charge is -2.34. The zero-order valence-corrected chi connectivity index (χ0v) is 13.6. The first-order chi connectivity index (χ1) is 10.8. The molecule has 3 rings (SSSR count). The van der Waals surface area contributed by atoms with Gasteiger partial charge in [0, 0.05) is 31.1 Å². The maximum absolute atomic E-state index is 12.2. The lowest BCUT2D eigenvalue weighted by atomic mass is 10.1. The molecule has 2 saturated heterocycles. The van der Waals surface area contributed by atoms with Crippen molar-refractivity contribution in [3.8, 4) is 0 Å². The number of nitrogens with one attached hydrogen (secondary N) is 1. The molecule has 122 valence electrons. The summed E-state index contributed by atoms with van der Waals surface area (Å²) < 4.78 is 11.3. The van der Waals surface area contributed by atoms with Gasteiger partial charge in [0.25, 0.3) is 0 Å². The second-order valence-electron chi connectivity index (χ2n) is 5.77. The normalized spacial score (nSPS) is 26.8. The number of hydrogen-bond donors (Lipinski definition) is 1. The molecule has 1 N–H and O–H groups in total. The Labute approximate surface area is 135 Å². The molecule has 2 fully saturated rings. The van der Waals surface area contributed by atoms with Gasteiger partial charge in [-0.1, -0.05) is 6.07 Å². The molecule has 0 saturated carbocycles. The van der Waals surface area contributed by atoms with Gasteiger partial charge in [-0.15, -0.1) is 11.3 Å². The standard InChI is InChI=1S/C16H24N2O3S/c19-16-15(13-5-3-12-22-13)18(9-7-17-16)8-4-11-21-14-6-1-2-10-20-14/h3,5,12,14-15H,1-2,4,6-11H2,(H,17,19)/t14-,15-/m1/s1. The van der Waals surface area contributed by atoms with Gasteiger partial charge in [0.2, 0.25) is 5.91 Å². The van der Waals surface area contributed by atoms with E-state index in [1.807, 2.05) is 17.5 Å². The van der Waals surface area contributed by atoms with Crippen LogP contribution < -0.4 is 5.32 Å². The molecule has 6 heteroatoms. The molecule has 5 nitrogen and oxygen atoms in total. The van der Waals surface area contributed by atoms with Gasteiger partial charge in [-0.05, 0) is 37.1 Å². The molecule has 1 aromatic heterocycles. The van der Waals surface area contributed by atoms with Crippen molar-refractivity contribution in [2.24, 2.45) is 0 Å². The number of piperazine rings is 1. The molecular formula is C16H24N2O3S. The summed E-state index contributed by atoms with van der Waals surface area (Å²) in [6, 6.07) is 3.91. The molecule has 1 aromatic rings. The molecule has 0 unspecified atom stereocenters. The van der Waals surface area contributed by atoms with Crippen LogP contribution in [0.4, 0.5) is 0 Å². The number of rotatable bonds is 6. The van der Waals surface area contributed by atoms with Gasteiger partial charge >= 0.3 is 0 Å². The van der Waals surface area contributed by atoms with E-state index in [0.29, 0.717) is 6.61 Å². The van der Waals surface area contributed by atoms with E-state index in [4.69, 9.17) is 9.47 Å². The molecule has 3 heterocycles. The van der Waals surface area contributed by atoms with Crippen LogP contribution in [0.5, 0.6) is 0 Å². The average molecular weight is 324 g/mol. The summed E-state index contributed by atoms with van der Waals surface area (Å²) in [6.45, 7) is 4.02. The van der Waals surface area contributed by atoms with Gasteiger partial charge < -0.3 is 14.8 Å². The SMILES string of the molecule is O=C1NCCN(CCCO[C@@H]2CCCCO2)[C@@H]1c1cccs1. The van der Waals surface area contributed by atoms with Crippen LogP contribution in [0.3, 0.4) is 0 Å². The Balaban J connectivity index is 1.46. The van der Waals surface area contributed by atoms with Crippen LogP contribution >= 0.6 is 11.3 Å². The topological polar surface area (TPSA) is 50.8 Å². The lowest BCUT2D eigenvalue weighted by Crippen LogP contribution is -2.50. The van der Waals surface area contributed by atoms with Crippen LogP contribution in [0.25, 0.3) is 0 Å². The van der Waals surface area contributed by atoms with Crippen LogP contribution in [0.15, 0.2) is 17.5 Å². The van der Waals surface area contributed by atoms with Crippen LogP contribution in [0.2, 0.25) is 0 Å². The summed E-state index contributed by atoms with van der Waals surface area (Å²) in [5.74, 6) is 0.116. The third-order valence-corrected chi connectivity index (χ3v) is 5.08.